The SMILES string of the molecule is COc1ccccc1-c1nc2cccnc2n1-c1ccccc1.COc1ccccc1C(=O)Cl.COc1ccccc1C(=O)Nc1cccnc1Nc1ccccc1.Cc1ccc(C)cc1.Cl.Nc1ccccc1.Nc1cccnc1Nc1ccccc1.O=[N+]([O-])c1cccnc1Cl.O=[N+]([O-])c1cccnc1Nc1ccccc1.Oc1ccccc1-c1nc2cccnc2n1-c1ccccc1.c1ccncc1. The molecule has 0 aliphatic heterocycles. The first kappa shape index (κ1) is 105. The van der Waals surface area contributed by atoms with Gasteiger partial charge in [0.05, 0.1) is 64.8 Å². The van der Waals surface area contributed by atoms with E-state index in [2.05, 4.69) is 116 Å². The zero-order valence-corrected chi connectivity index (χ0v) is 79.7. The monoisotopic (exact) mass is 1950 g/mol. The molecule has 9 N–H and O–H groups in total. The van der Waals surface area contributed by atoms with E-state index in [1.165, 1.54) is 54.9 Å². The lowest BCUT2D eigenvalue weighted by atomic mass is 10.2. The van der Waals surface area contributed by atoms with Crippen molar-refractivity contribution in [3.05, 3.63) is 492 Å². The van der Waals surface area contributed by atoms with Crippen LogP contribution in [0.1, 0.15) is 31.8 Å². The number of hydrogen-bond acceptors (Lipinski definition) is 24. The number of phenolic OH excluding ortho intramolecular Hbond substituents is 1. The number of carbonyl (C=O) groups is 2. The highest BCUT2D eigenvalue weighted by atomic mass is 35.5. The molecule has 0 aliphatic carbocycles. The highest BCUT2D eigenvalue weighted by Crippen LogP contribution is 2.36. The summed E-state index contributed by atoms with van der Waals surface area (Å²) in [4.78, 5) is 81.2. The second kappa shape index (κ2) is 56.7. The molecular weight excluding hydrogens is 1850 g/mol. The standard InChI is InChI=1S/C19H17N3O2.C19H15N3O.C18H13N3O.C11H9N3O2.C11H11N3.C8H7ClO2.C8H10.C6H7N.C5H3ClN2O2.C5H5N.ClH/c1-24-17-12-6-5-10-15(17)19(23)22-16-11-7-13-20-18(16)21-14-8-3-2-4-9-14;1-23-17-12-6-5-10-15(17)18-21-16-11-7-13-20-19(16)22(18)14-8-3-2-4-9-14;22-16-11-5-4-9-14(16)17-20-15-10-6-12-19-18(15)21(17)13-7-2-1-3-8-13;15-14(16)10-7-4-8-12-11(10)13-9-5-2-1-3-6-9;12-10-7-4-8-13-11(10)14-9-5-2-1-3-6-9;1-11-7-5-3-2-4-6(7)8(9)10;1-7-3-5-8(2)6-4-7;7-6-4-2-1-3-5-6;6-5-4(8(9)10)2-1-3-7-5;1-2-4-6-5-3-1;/h2-13H,1H3,(H,20,21)(H,22,23);2-13H,1H3;1-12,22H;1-8H,(H,12,13);1-8H,12H2,(H,13,14);2-5H,1H3;3-6H,1-2H3;1-5H,7H2;1-3H;1-5H;1H. The Morgan fingerprint density at radius 3 is 1.17 bits per heavy atom. The Bertz CT molecular complexity index is 7250. The van der Waals surface area contributed by atoms with Crippen molar-refractivity contribution in [2.75, 3.05) is 54.1 Å². The number of imidazole rings is 2. The van der Waals surface area contributed by atoms with Gasteiger partial charge in [0.1, 0.15) is 34.0 Å². The van der Waals surface area contributed by atoms with Gasteiger partial charge in [-0.1, -0.05) is 211 Å². The number of amides is 1. The van der Waals surface area contributed by atoms with Gasteiger partial charge in [-0.15, -0.1) is 12.4 Å². The first-order valence-corrected chi connectivity index (χ1v) is 44.2. The van der Waals surface area contributed by atoms with Gasteiger partial charge >= 0.3 is 11.4 Å². The number of aromatic nitrogens is 11. The van der Waals surface area contributed by atoms with E-state index in [-0.39, 0.29) is 46.4 Å². The van der Waals surface area contributed by atoms with E-state index in [1.54, 1.807) is 118 Å². The number of pyridine rings is 7. The van der Waals surface area contributed by atoms with Crippen molar-refractivity contribution < 1.29 is 38.8 Å². The number of nitrogens with two attached hydrogens (primary N) is 2. The van der Waals surface area contributed by atoms with Crippen LogP contribution < -0.4 is 46.9 Å². The lowest BCUT2D eigenvalue weighted by Gasteiger charge is -2.13. The van der Waals surface area contributed by atoms with Gasteiger partial charge < -0.3 is 52.1 Å². The van der Waals surface area contributed by atoms with Gasteiger partial charge in [0.2, 0.25) is 11.0 Å². The summed E-state index contributed by atoms with van der Waals surface area (Å²) in [6, 6.07) is 122. The number of rotatable bonds is 18. The second-order valence-corrected chi connectivity index (χ2v) is 30.1. The Kier molecular flexibility index (Phi) is 42.1. The summed E-state index contributed by atoms with van der Waals surface area (Å²) >= 11 is 10.6. The Hall–Kier alpha value is -18.6. The van der Waals surface area contributed by atoms with Gasteiger partial charge in [0.25, 0.3) is 11.1 Å². The van der Waals surface area contributed by atoms with Gasteiger partial charge in [-0.25, -0.2) is 39.9 Å². The number of para-hydroxylation sites is 10. The minimum atomic E-state index is -0.574. The number of ether oxygens (including phenoxy) is 3. The fraction of sp³-hybridized carbons (Fsp3) is 0.0455. The molecule has 9 heterocycles. The number of nitro groups is 2. The van der Waals surface area contributed by atoms with Crippen LogP contribution in [0.3, 0.4) is 0 Å². The number of aryl methyl sites for hydroxylation is 2. The molecular formula is C110H98Cl3N19O10. The summed E-state index contributed by atoms with van der Waals surface area (Å²) in [6.07, 6.45) is 13.3. The third-order valence-corrected chi connectivity index (χ3v) is 20.0. The van der Waals surface area contributed by atoms with E-state index in [9.17, 15) is 34.9 Å². The van der Waals surface area contributed by atoms with Crippen LogP contribution >= 0.6 is 35.6 Å². The summed E-state index contributed by atoms with van der Waals surface area (Å²) in [6.45, 7) is 4.19. The number of fused-ring (bicyclic) bond motifs is 2. The van der Waals surface area contributed by atoms with Crippen molar-refractivity contribution in [2.24, 2.45) is 0 Å². The molecule has 142 heavy (non-hydrogen) atoms. The van der Waals surface area contributed by atoms with Crippen molar-refractivity contribution in [3.8, 4) is 57.1 Å². The number of halogens is 3. The Balaban J connectivity index is 0.000000167. The topological polar surface area (TPSA) is 394 Å². The maximum Gasteiger partial charge on any atom is 0.311 e. The summed E-state index contributed by atoms with van der Waals surface area (Å²) in [5, 5.41) is 42.6. The fourth-order valence-electron chi connectivity index (χ4n) is 12.8. The molecule has 0 aliphatic rings. The first-order chi connectivity index (χ1) is 68.8. The smallest absolute Gasteiger partial charge is 0.311 e. The van der Waals surface area contributed by atoms with Crippen LogP contribution in [0.5, 0.6) is 23.0 Å². The van der Waals surface area contributed by atoms with Gasteiger partial charge in [0.15, 0.2) is 34.6 Å². The van der Waals surface area contributed by atoms with E-state index < -0.39 is 15.1 Å². The van der Waals surface area contributed by atoms with Gasteiger partial charge in [-0.3, -0.25) is 43.9 Å². The van der Waals surface area contributed by atoms with E-state index in [4.69, 9.17) is 53.9 Å². The molecule has 11 aromatic carbocycles. The fourth-order valence-corrected chi connectivity index (χ4v) is 13.2. The molecule has 20 rings (SSSR count). The van der Waals surface area contributed by atoms with Crippen LogP contribution in [0.15, 0.2) is 444 Å². The average molecular weight is 1950 g/mol. The lowest BCUT2D eigenvalue weighted by Crippen LogP contribution is -2.14. The molecule has 0 fully saturated rings. The Morgan fingerprint density at radius 1 is 0.373 bits per heavy atom. The highest BCUT2D eigenvalue weighted by molar-refractivity contribution is 6.68. The molecule has 1 amide bonds. The zero-order chi connectivity index (χ0) is 99.7. The largest absolute Gasteiger partial charge is 0.507 e. The number of carbonyl (C=O) groups excluding carboxylic acids is 2. The molecule has 0 unspecified atom stereocenters. The van der Waals surface area contributed by atoms with E-state index in [0.29, 0.717) is 57.0 Å². The number of phenols is 1. The maximum absolute atomic E-state index is 12.6. The van der Waals surface area contributed by atoms with Crippen LogP contribution in [0, 0.1) is 34.1 Å². The number of nitrogens with one attached hydrogen (secondary N) is 4. The molecule has 0 radical (unpaired) electrons. The third-order valence-electron chi connectivity index (χ3n) is 19.5. The number of nitrogen functional groups attached to an aromatic ring is 2. The van der Waals surface area contributed by atoms with Crippen LogP contribution in [0.2, 0.25) is 5.15 Å². The number of anilines is 9. The molecule has 9 aromatic heterocycles. The number of hydrogen-bond donors (Lipinski definition) is 7. The van der Waals surface area contributed by atoms with Crippen molar-refractivity contribution in [1.82, 2.24) is 54.0 Å². The molecule has 0 saturated heterocycles. The quantitative estimate of drug-likeness (QED) is 0.0138. The molecule has 29 nitrogen and oxygen atoms in total. The highest BCUT2D eigenvalue weighted by Gasteiger charge is 2.22. The average Bonchev–Trinajstić information content (AvgIpc) is 1.62. The van der Waals surface area contributed by atoms with Crippen molar-refractivity contribution >= 4 is 132 Å². The van der Waals surface area contributed by atoms with Crippen molar-refractivity contribution in [2.45, 2.75) is 13.8 Å². The van der Waals surface area contributed by atoms with Crippen LogP contribution in [0.4, 0.5) is 63.0 Å². The van der Waals surface area contributed by atoms with Crippen LogP contribution in [0.25, 0.3) is 56.5 Å². The van der Waals surface area contributed by atoms with Gasteiger partial charge in [0, 0.05) is 95.8 Å². The molecule has 0 bridgehead atoms. The summed E-state index contributed by atoms with van der Waals surface area (Å²) in [5.74, 6) is 4.79. The molecule has 0 atom stereocenters. The molecule has 32 heteroatoms. The van der Waals surface area contributed by atoms with E-state index in [1.807, 2.05) is 271 Å². The summed E-state index contributed by atoms with van der Waals surface area (Å²) in [5.41, 5.74) is 26.0. The number of methoxy groups -OCH3 is 3. The van der Waals surface area contributed by atoms with E-state index >= 15 is 0 Å². The Labute approximate surface area is 836 Å². The number of aromatic hydroxyl groups is 1. The van der Waals surface area contributed by atoms with E-state index in [0.717, 1.165) is 73.6 Å². The first-order valence-electron chi connectivity index (χ1n) is 43.4. The number of nitrogens with zero attached hydrogens (tertiary/aromatic N) is 13. The molecule has 714 valence electrons. The summed E-state index contributed by atoms with van der Waals surface area (Å²) in [7, 11) is 4.71. The van der Waals surface area contributed by atoms with Crippen molar-refractivity contribution in [3.63, 3.8) is 0 Å². The lowest BCUT2D eigenvalue weighted by molar-refractivity contribution is -0.385. The second-order valence-electron chi connectivity index (χ2n) is 29.4. The van der Waals surface area contributed by atoms with Crippen LogP contribution in [-0.2, 0) is 0 Å². The minimum absolute atomic E-state index is 0. The predicted molar refractivity (Wildman–Crippen MR) is 568 cm³/mol. The molecule has 20 aromatic rings. The molecule has 0 saturated carbocycles. The maximum atomic E-state index is 12.6. The predicted octanol–water partition coefficient (Wildman–Crippen LogP) is 25.9. The zero-order valence-electron chi connectivity index (χ0n) is 77.4. The Morgan fingerprint density at radius 2 is 0.739 bits per heavy atom. The van der Waals surface area contributed by atoms with Gasteiger partial charge in [-0.05, 0) is 220 Å². The minimum Gasteiger partial charge on any atom is -0.507 e. The van der Waals surface area contributed by atoms with Gasteiger partial charge in [-0.2, -0.15) is 0 Å². The molecule has 0 spiro atoms. The number of benzene rings is 11. The summed E-state index contributed by atoms with van der Waals surface area (Å²) < 4.78 is 19.7. The van der Waals surface area contributed by atoms with Crippen molar-refractivity contribution in [1.29, 1.82) is 0 Å². The van der Waals surface area contributed by atoms with Crippen LogP contribution in [-0.4, -0.2) is 101 Å². The third kappa shape index (κ3) is 32.3. The normalized spacial score (nSPS) is 9.85.